The Balaban J connectivity index is 1.67. The van der Waals surface area contributed by atoms with Crippen molar-refractivity contribution in [1.29, 1.82) is 0 Å². The predicted molar refractivity (Wildman–Crippen MR) is 140 cm³/mol. The second kappa shape index (κ2) is 10.4. The number of rotatable bonds is 8. The number of halogens is 3. The van der Waals surface area contributed by atoms with Gasteiger partial charge < -0.3 is 10.1 Å². The Labute approximate surface area is 225 Å². The third-order valence-electron chi connectivity index (χ3n) is 6.46. The van der Waals surface area contributed by atoms with Gasteiger partial charge in [0.05, 0.1) is 23.5 Å². The van der Waals surface area contributed by atoms with Gasteiger partial charge in [-0.1, -0.05) is 6.07 Å². The second-order valence-electron chi connectivity index (χ2n) is 9.14. The number of fused-ring (bicyclic) bond motifs is 1. The highest BCUT2D eigenvalue weighted by Gasteiger charge is 2.40. The zero-order chi connectivity index (χ0) is 27.9. The molecule has 0 amide bonds. The highest BCUT2D eigenvalue weighted by molar-refractivity contribution is 7.98. The van der Waals surface area contributed by atoms with Crippen molar-refractivity contribution < 1.29 is 17.9 Å². The van der Waals surface area contributed by atoms with Crippen LogP contribution in [-0.4, -0.2) is 54.0 Å². The molecule has 5 rings (SSSR count). The van der Waals surface area contributed by atoms with Gasteiger partial charge in [0.1, 0.15) is 23.4 Å². The molecule has 0 saturated heterocycles. The first-order valence-corrected chi connectivity index (χ1v) is 13.3. The number of nitrogens with one attached hydrogen (secondary N) is 1. The van der Waals surface area contributed by atoms with Crippen LogP contribution in [0.1, 0.15) is 48.7 Å². The Morgan fingerprint density at radius 2 is 1.95 bits per heavy atom. The van der Waals surface area contributed by atoms with Crippen molar-refractivity contribution in [3.63, 3.8) is 0 Å². The molecule has 1 N–H and O–H groups in total. The fourth-order valence-corrected chi connectivity index (χ4v) is 4.55. The summed E-state index contributed by atoms with van der Waals surface area (Å²) in [5, 5.41) is 3.69. The van der Waals surface area contributed by atoms with Crippen molar-refractivity contribution in [3.05, 3.63) is 52.0 Å². The highest BCUT2D eigenvalue weighted by Crippen LogP contribution is 2.45. The summed E-state index contributed by atoms with van der Waals surface area (Å²) in [6.45, 7) is 2.65. The molecule has 4 aromatic rings. The average molecular weight is 559 g/mol. The SMILES string of the molecule is COc1ncnc(C2CC2)c1-c1nc(C)c2nc(NCc3ccc(SC)nc3)c(=O)n(C(C)C(F)(F)F)c2n1. The second-order valence-corrected chi connectivity index (χ2v) is 9.96. The summed E-state index contributed by atoms with van der Waals surface area (Å²) in [4.78, 5) is 39.7. The van der Waals surface area contributed by atoms with Crippen LogP contribution in [0.4, 0.5) is 19.0 Å². The quantitative estimate of drug-likeness (QED) is 0.305. The normalized spacial score (nSPS) is 14.4. The van der Waals surface area contributed by atoms with Crippen LogP contribution in [0.2, 0.25) is 0 Å². The van der Waals surface area contributed by atoms with Crippen molar-refractivity contribution in [1.82, 2.24) is 34.5 Å². The van der Waals surface area contributed by atoms with Crippen molar-refractivity contribution in [3.8, 4) is 17.3 Å². The van der Waals surface area contributed by atoms with Crippen LogP contribution < -0.4 is 15.6 Å². The van der Waals surface area contributed by atoms with E-state index in [4.69, 9.17) is 4.74 Å². The number of methoxy groups -OCH3 is 1. The maximum atomic E-state index is 14.0. The first kappa shape index (κ1) is 26.8. The van der Waals surface area contributed by atoms with Crippen LogP contribution in [0.25, 0.3) is 22.6 Å². The van der Waals surface area contributed by atoms with Gasteiger partial charge in [-0.05, 0) is 44.6 Å². The van der Waals surface area contributed by atoms with E-state index in [0.717, 1.165) is 30.4 Å². The van der Waals surface area contributed by atoms with Crippen molar-refractivity contribution in [2.75, 3.05) is 18.7 Å². The first-order chi connectivity index (χ1) is 18.6. The maximum Gasteiger partial charge on any atom is 0.409 e. The summed E-state index contributed by atoms with van der Waals surface area (Å²) in [5.41, 5.74) is 0.952. The van der Waals surface area contributed by atoms with Crippen LogP contribution >= 0.6 is 11.8 Å². The summed E-state index contributed by atoms with van der Waals surface area (Å²) in [7, 11) is 1.43. The number of anilines is 1. The first-order valence-electron chi connectivity index (χ1n) is 12.1. The van der Waals surface area contributed by atoms with E-state index >= 15 is 0 Å². The minimum atomic E-state index is -4.72. The Kier molecular flexibility index (Phi) is 7.14. The third-order valence-corrected chi connectivity index (χ3v) is 7.12. The van der Waals surface area contributed by atoms with Crippen LogP contribution in [0.15, 0.2) is 34.5 Å². The molecule has 0 radical (unpaired) electrons. The maximum absolute atomic E-state index is 14.0. The molecule has 39 heavy (non-hydrogen) atoms. The number of ether oxygens (including phenoxy) is 1. The number of nitrogens with zero attached hydrogens (tertiary/aromatic N) is 7. The summed E-state index contributed by atoms with van der Waals surface area (Å²) < 4.78 is 48.1. The van der Waals surface area contributed by atoms with Crippen LogP contribution in [0, 0.1) is 6.92 Å². The van der Waals surface area contributed by atoms with E-state index in [9.17, 15) is 18.0 Å². The smallest absolute Gasteiger partial charge is 0.409 e. The number of pyridine rings is 1. The van der Waals surface area contributed by atoms with Crippen LogP contribution in [0.3, 0.4) is 0 Å². The molecule has 0 bridgehead atoms. The van der Waals surface area contributed by atoms with Crippen LogP contribution in [0.5, 0.6) is 5.88 Å². The number of thioether (sulfide) groups is 1. The largest absolute Gasteiger partial charge is 0.480 e. The number of aryl methyl sites for hydroxylation is 1. The van der Waals surface area contributed by atoms with E-state index in [0.29, 0.717) is 21.5 Å². The number of hydrogen-bond acceptors (Lipinski definition) is 10. The number of hydrogen-bond donors (Lipinski definition) is 1. The van der Waals surface area contributed by atoms with E-state index in [1.165, 1.54) is 25.2 Å². The molecule has 4 heterocycles. The van der Waals surface area contributed by atoms with E-state index in [1.54, 1.807) is 13.1 Å². The zero-order valence-corrected chi connectivity index (χ0v) is 22.4. The standard InChI is InChI=1S/C25H25F3N8O2S/c1-12-18-22(35-20(33-12)17-19(15-6-7-15)31-11-32-23(17)38-3)36(13(2)25(26,27)28)24(37)21(34-18)30-10-14-5-8-16(39-4)29-9-14/h5,8-9,11,13,15H,6-7,10H2,1-4H3,(H,30,34). The monoisotopic (exact) mass is 558 g/mol. The minimum Gasteiger partial charge on any atom is -0.480 e. The topological polar surface area (TPSA) is 121 Å². The van der Waals surface area contributed by atoms with Crippen LogP contribution in [-0.2, 0) is 6.54 Å². The van der Waals surface area contributed by atoms with E-state index in [2.05, 4.69) is 35.2 Å². The molecule has 1 fully saturated rings. The third kappa shape index (κ3) is 5.24. The van der Waals surface area contributed by atoms with Gasteiger partial charge in [0.25, 0.3) is 5.56 Å². The Bertz CT molecular complexity index is 1590. The molecule has 1 unspecified atom stereocenters. The molecule has 14 heteroatoms. The van der Waals surface area contributed by atoms with Gasteiger partial charge in [-0.3, -0.25) is 9.36 Å². The van der Waals surface area contributed by atoms with Gasteiger partial charge in [0, 0.05) is 18.7 Å². The summed E-state index contributed by atoms with van der Waals surface area (Å²) >= 11 is 1.48. The minimum absolute atomic E-state index is 0.0663. The molecule has 10 nitrogen and oxygen atoms in total. The zero-order valence-electron chi connectivity index (χ0n) is 21.6. The summed E-state index contributed by atoms with van der Waals surface area (Å²) in [6.07, 6.45) is 1.98. The summed E-state index contributed by atoms with van der Waals surface area (Å²) in [6, 6.07) is 1.45. The van der Waals surface area contributed by atoms with Crippen molar-refractivity contribution in [2.45, 2.75) is 56.4 Å². The molecule has 0 aromatic carbocycles. The molecular weight excluding hydrogens is 533 g/mol. The fraction of sp³-hybridized carbons (Fsp3) is 0.400. The lowest BCUT2D eigenvalue weighted by Crippen LogP contribution is -2.35. The predicted octanol–water partition coefficient (Wildman–Crippen LogP) is 4.69. The number of aromatic nitrogens is 7. The van der Waals surface area contributed by atoms with Gasteiger partial charge in [0.15, 0.2) is 17.3 Å². The highest BCUT2D eigenvalue weighted by atomic mass is 32.2. The lowest BCUT2D eigenvalue weighted by atomic mass is 10.1. The molecule has 0 spiro atoms. The average Bonchev–Trinajstić information content (AvgIpc) is 3.76. The Morgan fingerprint density at radius 3 is 2.56 bits per heavy atom. The lowest BCUT2D eigenvalue weighted by Gasteiger charge is -2.22. The van der Waals surface area contributed by atoms with Gasteiger partial charge in [0.2, 0.25) is 5.88 Å². The van der Waals surface area contributed by atoms with Crippen molar-refractivity contribution in [2.24, 2.45) is 0 Å². The van der Waals surface area contributed by atoms with Gasteiger partial charge in [-0.15, -0.1) is 11.8 Å². The Hall–Kier alpha value is -3.81. The Morgan fingerprint density at radius 1 is 1.18 bits per heavy atom. The molecule has 1 aliphatic carbocycles. The molecule has 204 valence electrons. The van der Waals surface area contributed by atoms with E-state index in [1.807, 2.05) is 18.4 Å². The molecule has 1 saturated carbocycles. The summed E-state index contributed by atoms with van der Waals surface area (Å²) in [5.74, 6) is 0.184. The van der Waals surface area contributed by atoms with Crippen molar-refractivity contribution >= 4 is 28.7 Å². The number of alkyl halides is 3. The molecule has 1 atom stereocenters. The lowest BCUT2D eigenvalue weighted by molar-refractivity contribution is -0.162. The van der Waals surface area contributed by atoms with Gasteiger partial charge in [-0.2, -0.15) is 13.2 Å². The van der Waals surface area contributed by atoms with Gasteiger partial charge >= 0.3 is 6.18 Å². The van der Waals surface area contributed by atoms with Gasteiger partial charge in [-0.25, -0.2) is 29.9 Å². The molecule has 1 aliphatic rings. The molecule has 4 aromatic heterocycles. The molecule has 0 aliphatic heterocycles. The van der Waals surface area contributed by atoms with E-state index < -0.39 is 17.8 Å². The fourth-order valence-electron chi connectivity index (χ4n) is 4.19. The van der Waals surface area contributed by atoms with E-state index in [-0.39, 0.29) is 41.1 Å². The molecular formula is C25H25F3N8O2S.